The molecule has 0 spiro atoms. The minimum atomic E-state index is -0.411. The van der Waals surface area contributed by atoms with Crippen molar-refractivity contribution < 1.29 is 9.84 Å². The molecule has 126 valence electrons. The smallest absolute Gasteiger partial charge is 0.0922 e. The lowest BCUT2D eigenvalue weighted by Crippen LogP contribution is -2.56. The molecule has 3 rings (SSSR count). The number of rotatable bonds is 0. The molecule has 0 unspecified atom stereocenters. The summed E-state index contributed by atoms with van der Waals surface area (Å²) >= 11 is 0. The van der Waals surface area contributed by atoms with Crippen LogP contribution in [-0.4, -0.2) is 22.4 Å². The van der Waals surface area contributed by atoms with Crippen LogP contribution >= 0.6 is 0 Å². The Morgan fingerprint density at radius 1 is 1.05 bits per heavy atom. The highest BCUT2D eigenvalue weighted by Gasteiger charge is 2.48. The topological polar surface area (TPSA) is 29.5 Å². The number of aliphatic hydroxyl groups excluding tert-OH is 1. The summed E-state index contributed by atoms with van der Waals surface area (Å²) < 4.78 is 6.45. The summed E-state index contributed by atoms with van der Waals surface area (Å²) in [5, 5.41) is 10.7. The second-order valence-corrected chi connectivity index (χ2v) is 8.18. The molecule has 3 atom stereocenters. The summed E-state index contributed by atoms with van der Waals surface area (Å²) in [4.78, 5) is 0. The van der Waals surface area contributed by atoms with Crippen molar-refractivity contribution in [2.24, 2.45) is 5.92 Å². The first-order valence-electron chi connectivity index (χ1n) is 8.92. The van der Waals surface area contributed by atoms with Gasteiger partial charge in [-0.15, -0.1) is 0 Å². The molecule has 1 fully saturated rings. The van der Waals surface area contributed by atoms with Gasteiger partial charge in [-0.05, 0) is 85.5 Å². The molecular weight excluding hydrogens is 272 g/mol. The van der Waals surface area contributed by atoms with Crippen LogP contribution in [0.3, 0.4) is 0 Å². The Hall–Kier alpha value is -0.600. The lowest BCUT2D eigenvalue weighted by molar-refractivity contribution is -0.243. The first kappa shape index (κ1) is 17.7. The van der Waals surface area contributed by atoms with Crippen molar-refractivity contribution >= 4 is 0 Å². The van der Waals surface area contributed by atoms with Gasteiger partial charge in [-0.2, -0.15) is 0 Å². The maximum absolute atomic E-state index is 10.7. The number of aliphatic hydroxyl groups is 1. The van der Waals surface area contributed by atoms with Crippen molar-refractivity contribution in [2.75, 3.05) is 0 Å². The SMILES string of the molecule is C/C1=C/CC[C@]2(C)OC(C)(C)[C@H](CC/C(C)=C\CC1)C[C@@H]2O. The van der Waals surface area contributed by atoms with Gasteiger partial charge < -0.3 is 9.84 Å². The van der Waals surface area contributed by atoms with Crippen LogP contribution in [0.15, 0.2) is 23.3 Å². The van der Waals surface area contributed by atoms with E-state index in [1.807, 2.05) is 0 Å². The average Bonchev–Trinajstić information content (AvgIpc) is 2.40. The summed E-state index contributed by atoms with van der Waals surface area (Å²) in [7, 11) is 0. The van der Waals surface area contributed by atoms with Crippen molar-refractivity contribution in [2.45, 2.75) is 96.9 Å². The van der Waals surface area contributed by atoms with Gasteiger partial charge in [-0.3, -0.25) is 0 Å². The minimum absolute atomic E-state index is 0.156. The number of fused-ring (bicyclic) bond motifs is 9. The minimum Gasteiger partial charge on any atom is -0.390 e. The van der Waals surface area contributed by atoms with Gasteiger partial charge in [0.05, 0.1) is 17.3 Å². The third-order valence-electron chi connectivity index (χ3n) is 5.74. The standard InChI is InChI=1S/C20H34O2/c1-15-8-6-9-16(2)11-12-17-14-18(21)20(5,13-7-10-15)22-19(17,3)4/h9-10,17-18,21H,6-8,11-14H2,1-5H3/b15-10-,16-9-/t17-,18+,20+/m1/s1. The van der Waals surface area contributed by atoms with E-state index < -0.39 is 5.60 Å². The maximum atomic E-state index is 10.7. The molecule has 0 saturated carbocycles. The Morgan fingerprint density at radius 3 is 2.41 bits per heavy atom. The maximum Gasteiger partial charge on any atom is 0.0922 e. The van der Waals surface area contributed by atoms with Crippen LogP contribution in [0, 0.1) is 5.92 Å². The van der Waals surface area contributed by atoms with Crippen LogP contribution in [0.4, 0.5) is 0 Å². The van der Waals surface area contributed by atoms with Gasteiger partial charge in [0.1, 0.15) is 0 Å². The van der Waals surface area contributed by atoms with Gasteiger partial charge in [0, 0.05) is 0 Å². The van der Waals surface area contributed by atoms with Crippen molar-refractivity contribution in [3.05, 3.63) is 23.3 Å². The van der Waals surface area contributed by atoms with E-state index in [4.69, 9.17) is 4.74 Å². The van der Waals surface area contributed by atoms with Crippen molar-refractivity contribution in [1.29, 1.82) is 0 Å². The molecule has 0 aromatic heterocycles. The van der Waals surface area contributed by atoms with Gasteiger partial charge in [0.2, 0.25) is 0 Å². The molecule has 3 aliphatic rings. The van der Waals surface area contributed by atoms with Crippen LogP contribution in [0.1, 0.15) is 79.6 Å². The molecule has 2 aliphatic heterocycles. The van der Waals surface area contributed by atoms with Crippen molar-refractivity contribution in [3.8, 4) is 0 Å². The summed E-state index contributed by atoms with van der Waals surface area (Å²) in [5.41, 5.74) is 2.36. The molecule has 0 aromatic carbocycles. The number of allylic oxidation sites excluding steroid dienone is 4. The fourth-order valence-corrected chi connectivity index (χ4v) is 4.00. The molecule has 1 saturated heterocycles. The molecule has 1 N–H and O–H groups in total. The van der Waals surface area contributed by atoms with Gasteiger partial charge in [0.25, 0.3) is 0 Å². The van der Waals surface area contributed by atoms with Crippen LogP contribution in [0.5, 0.6) is 0 Å². The first-order chi connectivity index (χ1) is 10.2. The summed E-state index contributed by atoms with van der Waals surface area (Å²) in [6.07, 6.45) is 11.6. The lowest BCUT2D eigenvalue weighted by atomic mass is 9.73. The molecule has 22 heavy (non-hydrogen) atoms. The van der Waals surface area contributed by atoms with Gasteiger partial charge >= 0.3 is 0 Å². The van der Waals surface area contributed by atoms with E-state index >= 15 is 0 Å². The Kier molecular flexibility index (Phi) is 5.55. The normalized spacial score (nSPS) is 41.9. The van der Waals surface area contributed by atoms with Crippen LogP contribution < -0.4 is 0 Å². The fraction of sp³-hybridized carbons (Fsp3) is 0.800. The zero-order chi connectivity index (χ0) is 16.4. The molecule has 2 bridgehead atoms. The summed E-state index contributed by atoms with van der Waals surface area (Å²) in [5.74, 6) is 0.430. The molecule has 0 amide bonds. The zero-order valence-electron chi connectivity index (χ0n) is 15.1. The second kappa shape index (κ2) is 6.88. The Labute approximate surface area is 136 Å². The van der Waals surface area contributed by atoms with E-state index in [0.29, 0.717) is 5.92 Å². The fourth-order valence-electron chi connectivity index (χ4n) is 4.00. The van der Waals surface area contributed by atoms with Gasteiger partial charge in [-0.25, -0.2) is 0 Å². The highest BCUT2D eigenvalue weighted by atomic mass is 16.5. The van der Waals surface area contributed by atoms with E-state index in [1.54, 1.807) is 0 Å². The molecule has 2 heterocycles. The monoisotopic (exact) mass is 306 g/mol. The Balaban J connectivity index is 2.23. The molecule has 0 radical (unpaired) electrons. The first-order valence-corrected chi connectivity index (χ1v) is 8.92. The Morgan fingerprint density at radius 2 is 1.68 bits per heavy atom. The predicted molar refractivity (Wildman–Crippen MR) is 92.9 cm³/mol. The summed E-state index contributed by atoms with van der Waals surface area (Å²) in [6.45, 7) is 11.0. The second-order valence-electron chi connectivity index (χ2n) is 8.18. The predicted octanol–water partition coefficient (Wildman–Crippen LogP) is 5.17. The lowest BCUT2D eigenvalue weighted by Gasteiger charge is -2.51. The quantitative estimate of drug-likeness (QED) is 0.626. The van der Waals surface area contributed by atoms with E-state index in [1.165, 1.54) is 11.1 Å². The molecule has 2 heteroatoms. The van der Waals surface area contributed by atoms with E-state index in [-0.39, 0.29) is 11.7 Å². The van der Waals surface area contributed by atoms with E-state index in [2.05, 4.69) is 46.8 Å². The van der Waals surface area contributed by atoms with E-state index in [9.17, 15) is 5.11 Å². The van der Waals surface area contributed by atoms with Crippen molar-refractivity contribution in [1.82, 2.24) is 0 Å². The zero-order valence-corrected chi connectivity index (χ0v) is 15.1. The largest absolute Gasteiger partial charge is 0.390 e. The summed E-state index contributed by atoms with van der Waals surface area (Å²) in [6, 6.07) is 0. The molecule has 2 nitrogen and oxygen atoms in total. The molecular formula is C20H34O2. The third kappa shape index (κ3) is 4.23. The highest BCUT2D eigenvalue weighted by molar-refractivity contribution is 5.07. The number of hydrogen-bond acceptors (Lipinski definition) is 2. The molecule has 1 aliphatic carbocycles. The van der Waals surface area contributed by atoms with Crippen LogP contribution in [-0.2, 0) is 4.74 Å². The van der Waals surface area contributed by atoms with Gasteiger partial charge in [0.15, 0.2) is 0 Å². The third-order valence-corrected chi connectivity index (χ3v) is 5.74. The average molecular weight is 306 g/mol. The number of ether oxygens (including phenoxy) is 1. The van der Waals surface area contributed by atoms with Gasteiger partial charge in [-0.1, -0.05) is 23.3 Å². The highest BCUT2D eigenvalue weighted by Crippen LogP contribution is 2.44. The van der Waals surface area contributed by atoms with Crippen LogP contribution in [0.25, 0.3) is 0 Å². The van der Waals surface area contributed by atoms with E-state index in [0.717, 1.165) is 44.9 Å². The Bertz CT molecular complexity index is 447. The molecule has 0 aromatic rings. The van der Waals surface area contributed by atoms with Crippen molar-refractivity contribution in [3.63, 3.8) is 0 Å². The number of hydrogen-bond donors (Lipinski definition) is 1. The van der Waals surface area contributed by atoms with Crippen LogP contribution in [0.2, 0.25) is 0 Å².